The van der Waals surface area contributed by atoms with Crippen LogP contribution < -0.4 is 5.73 Å². The summed E-state index contributed by atoms with van der Waals surface area (Å²) in [5.74, 6) is -1.11. The van der Waals surface area contributed by atoms with Crippen LogP contribution in [0.1, 0.15) is 6.92 Å². The zero-order valence-electron chi connectivity index (χ0n) is 5.87. The molecule has 0 rings (SSSR count). The van der Waals surface area contributed by atoms with E-state index in [-0.39, 0.29) is 5.71 Å². The smallest absolute Gasteiger partial charge is 0.326 e. The Balaban J connectivity index is 4.06. The summed E-state index contributed by atoms with van der Waals surface area (Å²) in [7, 11) is 1.33. The van der Waals surface area contributed by atoms with Crippen LogP contribution in [0.2, 0.25) is 0 Å². The van der Waals surface area contributed by atoms with E-state index in [1.165, 1.54) is 14.0 Å². The van der Waals surface area contributed by atoms with Gasteiger partial charge in [-0.15, -0.1) is 0 Å². The van der Waals surface area contributed by atoms with Crippen molar-refractivity contribution in [3.05, 3.63) is 0 Å². The zero-order valence-corrected chi connectivity index (χ0v) is 5.87. The average molecular weight is 146 g/mol. The maximum Gasteiger partial charge on any atom is 0.326 e. The minimum absolute atomic E-state index is 0.245. The number of hydrogen-bond donors (Lipinski definition) is 2. The van der Waals surface area contributed by atoms with E-state index in [9.17, 15) is 4.79 Å². The van der Waals surface area contributed by atoms with Gasteiger partial charge < -0.3 is 15.7 Å². The molecule has 0 aliphatic heterocycles. The number of nitrogens with zero attached hydrogens (tertiary/aromatic N) is 1. The summed E-state index contributed by atoms with van der Waals surface area (Å²) >= 11 is 0. The van der Waals surface area contributed by atoms with E-state index in [2.05, 4.69) is 9.99 Å². The molecule has 0 aromatic rings. The lowest BCUT2D eigenvalue weighted by Gasteiger charge is -2.02. The molecule has 58 valence electrons. The molecule has 10 heavy (non-hydrogen) atoms. The van der Waals surface area contributed by atoms with Crippen molar-refractivity contribution in [3.63, 3.8) is 0 Å². The molecular formula is C5H10N2O3. The Morgan fingerprint density at radius 2 is 2.30 bits per heavy atom. The molecule has 0 radical (unpaired) electrons. The number of nitrogens with two attached hydrogens (primary N) is 1. The Hall–Kier alpha value is -1.10. The third-order valence-electron chi connectivity index (χ3n) is 0.951. The summed E-state index contributed by atoms with van der Waals surface area (Å²) in [5, 5.41) is 11.7. The number of carbonyl (C=O) groups is 1. The van der Waals surface area contributed by atoms with Crippen molar-refractivity contribution >= 4 is 11.7 Å². The predicted molar refractivity (Wildman–Crippen MR) is 35.7 cm³/mol. The first kappa shape index (κ1) is 8.90. The summed E-state index contributed by atoms with van der Waals surface area (Å²) in [6.07, 6.45) is 0. The fourth-order valence-electron chi connectivity index (χ4n) is 0.379. The normalized spacial score (nSPS) is 14.5. The van der Waals surface area contributed by atoms with Gasteiger partial charge in [0.2, 0.25) is 0 Å². The number of carboxylic acids is 1. The summed E-state index contributed by atoms with van der Waals surface area (Å²) in [4.78, 5) is 14.5. The highest BCUT2D eigenvalue weighted by Crippen LogP contribution is 1.85. The topological polar surface area (TPSA) is 84.9 Å². The third-order valence-corrected chi connectivity index (χ3v) is 0.951. The van der Waals surface area contributed by atoms with Gasteiger partial charge in [-0.1, -0.05) is 5.16 Å². The number of carboxylic acid groups (broad SMARTS) is 1. The fraction of sp³-hybridized carbons (Fsp3) is 0.600. The molecule has 0 bridgehead atoms. The van der Waals surface area contributed by atoms with Gasteiger partial charge in [0.05, 0.1) is 5.71 Å². The second-order valence-corrected chi connectivity index (χ2v) is 1.73. The monoisotopic (exact) mass is 146 g/mol. The van der Waals surface area contributed by atoms with Gasteiger partial charge in [0.25, 0.3) is 0 Å². The van der Waals surface area contributed by atoms with Crippen molar-refractivity contribution in [3.8, 4) is 0 Å². The van der Waals surface area contributed by atoms with Crippen molar-refractivity contribution < 1.29 is 14.7 Å². The maximum atomic E-state index is 10.2. The van der Waals surface area contributed by atoms with E-state index in [0.29, 0.717) is 0 Å². The molecule has 0 amide bonds. The Morgan fingerprint density at radius 1 is 1.80 bits per heavy atom. The van der Waals surface area contributed by atoms with Crippen molar-refractivity contribution in [1.82, 2.24) is 0 Å². The highest BCUT2D eigenvalue weighted by atomic mass is 16.6. The second-order valence-electron chi connectivity index (χ2n) is 1.73. The Kier molecular flexibility index (Phi) is 3.42. The molecule has 3 N–H and O–H groups in total. The van der Waals surface area contributed by atoms with Gasteiger partial charge in [-0.05, 0) is 6.92 Å². The minimum Gasteiger partial charge on any atom is -0.480 e. The van der Waals surface area contributed by atoms with Crippen LogP contribution in [0.25, 0.3) is 0 Å². The van der Waals surface area contributed by atoms with Gasteiger partial charge in [-0.25, -0.2) is 0 Å². The van der Waals surface area contributed by atoms with E-state index in [0.717, 1.165) is 0 Å². The molecule has 0 saturated carbocycles. The van der Waals surface area contributed by atoms with Crippen LogP contribution in [0.15, 0.2) is 5.16 Å². The van der Waals surface area contributed by atoms with Gasteiger partial charge in [0.1, 0.15) is 13.2 Å². The van der Waals surface area contributed by atoms with Crippen LogP contribution in [0, 0.1) is 0 Å². The molecule has 0 unspecified atom stereocenters. The Bertz CT molecular complexity index is 155. The predicted octanol–water partition coefficient (Wildman–Crippen LogP) is -0.579. The molecule has 0 aromatic carbocycles. The van der Waals surface area contributed by atoms with E-state index in [1.54, 1.807) is 0 Å². The molecule has 5 nitrogen and oxygen atoms in total. The van der Waals surface area contributed by atoms with E-state index in [4.69, 9.17) is 10.8 Å². The molecule has 0 fully saturated rings. The Labute approximate surface area is 58.5 Å². The quantitative estimate of drug-likeness (QED) is 0.412. The number of aliphatic carboxylic acids is 1. The first-order valence-electron chi connectivity index (χ1n) is 2.65. The molecule has 1 atom stereocenters. The van der Waals surface area contributed by atoms with Crippen LogP contribution in [-0.2, 0) is 9.63 Å². The average Bonchev–Trinajstić information content (AvgIpc) is 1.87. The standard InChI is InChI=1S/C5H10N2O3/c1-3(7-10-2)4(6)5(8)9/h4H,6H2,1-2H3,(H,8,9)/t4-/m0/s1. The lowest BCUT2D eigenvalue weighted by Crippen LogP contribution is -2.37. The van der Waals surface area contributed by atoms with Crippen molar-refractivity contribution in [2.75, 3.05) is 7.11 Å². The minimum atomic E-state index is -1.11. The maximum absolute atomic E-state index is 10.2. The molecule has 0 aliphatic carbocycles. The van der Waals surface area contributed by atoms with Crippen LogP contribution >= 0.6 is 0 Å². The van der Waals surface area contributed by atoms with Gasteiger partial charge >= 0.3 is 5.97 Å². The summed E-state index contributed by atoms with van der Waals surface area (Å²) in [5.41, 5.74) is 5.38. The molecule has 0 spiro atoms. The number of oxime groups is 1. The van der Waals surface area contributed by atoms with E-state index >= 15 is 0 Å². The molecule has 0 saturated heterocycles. The lowest BCUT2D eigenvalue weighted by atomic mass is 10.2. The summed E-state index contributed by atoms with van der Waals surface area (Å²) in [6, 6.07) is -1.07. The largest absolute Gasteiger partial charge is 0.480 e. The van der Waals surface area contributed by atoms with E-state index < -0.39 is 12.0 Å². The number of rotatable bonds is 3. The van der Waals surface area contributed by atoms with Crippen LogP contribution in [-0.4, -0.2) is 29.9 Å². The molecule has 0 aromatic heterocycles. The van der Waals surface area contributed by atoms with Gasteiger partial charge in [0.15, 0.2) is 0 Å². The molecule has 0 aliphatic rings. The first-order valence-corrected chi connectivity index (χ1v) is 2.65. The molecule has 0 heterocycles. The van der Waals surface area contributed by atoms with Gasteiger partial charge in [0, 0.05) is 0 Å². The van der Waals surface area contributed by atoms with Crippen molar-refractivity contribution in [2.24, 2.45) is 10.9 Å². The number of hydrogen-bond acceptors (Lipinski definition) is 4. The van der Waals surface area contributed by atoms with E-state index in [1.807, 2.05) is 0 Å². The van der Waals surface area contributed by atoms with Gasteiger partial charge in [-0.2, -0.15) is 0 Å². The first-order chi connectivity index (χ1) is 4.59. The summed E-state index contributed by atoms with van der Waals surface area (Å²) < 4.78 is 0. The van der Waals surface area contributed by atoms with Crippen LogP contribution in [0.5, 0.6) is 0 Å². The highest BCUT2D eigenvalue weighted by Gasteiger charge is 2.14. The SMILES string of the molecule is CON=C(C)[C@H](N)C(=O)O. The van der Waals surface area contributed by atoms with Crippen molar-refractivity contribution in [1.29, 1.82) is 0 Å². The van der Waals surface area contributed by atoms with Crippen LogP contribution in [0.4, 0.5) is 0 Å². The van der Waals surface area contributed by atoms with Crippen molar-refractivity contribution in [2.45, 2.75) is 13.0 Å². The third kappa shape index (κ3) is 2.45. The molecular weight excluding hydrogens is 136 g/mol. The Morgan fingerprint density at radius 3 is 2.60 bits per heavy atom. The van der Waals surface area contributed by atoms with Gasteiger partial charge in [-0.3, -0.25) is 4.79 Å². The van der Waals surface area contributed by atoms with Crippen LogP contribution in [0.3, 0.4) is 0 Å². The zero-order chi connectivity index (χ0) is 8.15. The summed E-state index contributed by atoms with van der Waals surface area (Å²) in [6.45, 7) is 1.49. The lowest BCUT2D eigenvalue weighted by molar-refractivity contribution is -0.136. The fourth-order valence-corrected chi connectivity index (χ4v) is 0.379. The second kappa shape index (κ2) is 3.84. The highest BCUT2D eigenvalue weighted by molar-refractivity contribution is 6.03. The molecule has 5 heteroatoms.